The predicted molar refractivity (Wildman–Crippen MR) is 117 cm³/mol. The quantitative estimate of drug-likeness (QED) is 0.343. The Bertz CT molecular complexity index is 771. The van der Waals surface area contributed by atoms with Crippen LogP contribution in [0.1, 0.15) is 24.1 Å². The maximum Gasteiger partial charge on any atom is 0.185 e. The number of allylic oxidation sites excluding steroid dienone is 1. The molecule has 0 saturated carbocycles. The summed E-state index contributed by atoms with van der Waals surface area (Å²) in [5.74, 6) is 1.36. The highest BCUT2D eigenvalue weighted by Crippen LogP contribution is 2.31. The third-order valence-corrected chi connectivity index (χ3v) is 6.63. The minimum Gasteiger partial charge on any atom is -0.486 e. The Balaban J connectivity index is 1.44. The van der Waals surface area contributed by atoms with Crippen molar-refractivity contribution < 1.29 is 9.53 Å². The van der Waals surface area contributed by atoms with Crippen molar-refractivity contribution in [2.45, 2.75) is 36.6 Å². The molecule has 1 aliphatic rings. The van der Waals surface area contributed by atoms with Gasteiger partial charge in [0, 0.05) is 24.0 Å². The van der Waals surface area contributed by atoms with E-state index in [4.69, 9.17) is 10.5 Å². The number of hydrogen-bond acceptors (Lipinski definition) is 8. The van der Waals surface area contributed by atoms with Crippen LogP contribution in [-0.2, 0) is 11.2 Å². The van der Waals surface area contributed by atoms with E-state index in [0.717, 1.165) is 60.8 Å². The number of piperidine rings is 1. The van der Waals surface area contributed by atoms with E-state index in [0.29, 0.717) is 11.9 Å². The van der Waals surface area contributed by atoms with E-state index < -0.39 is 0 Å². The molecule has 2 aromatic rings. The van der Waals surface area contributed by atoms with Gasteiger partial charge in [-0.05, 0) is 61.9 Å². The Kier molecular flexibility index (Phi) is 7.76. The molecule has 28 heavy (non-hydrogen) atoms. The first kappa shape index (κ1) is 20.7. The van der Waals surface area contributed by atoms with E-state index >= 15 is 0 Å². The largest absolute Gasteiger partial charge is 0.486 e. The van der Waals surface area contributed by atoms with E-state index in [1.165, 1.54) is 4.90 Å². The third kappa shape index (κ3) is 5.98. The number of rotatable bonds is 10. The van der Waals surface area contributed by atoms with Gasteiger partial charge in [-0.3, -0.25) is 4.79 Å². The summed E-state index contributed by atoms with van der Waals surface area (Å²) in [6, 6.07) is 8.28. The molecule has 1 aliphatic heterocycles. The normalized spacial score (nSPS) is 15.3. The SMILES string of the molecule is C=CCCc1sc(NC2CCN(Sc3ccc(OCC=O)cc3)CC2)nc1N. The van der Waals surface area contributed by atoms with Crippen LogP contribution < -0.4 is 15.8 Å². The second kappa shape index (κ2) is 10.5. The van der Waals surface area contributed by atoms with E-state index in [1.807, 2.05) is 30.3 Å². The first-order valence-corrected chi connectivity index (χ1v) is 11.0. The molecule has 8 heteroatoms. The number of aryl methyl sites for hydroxylation is 1. The number of nitrogens with one attached hydrogen (secondary N) is 1. The van der Waals surface area contributed by atoms with Gasteiger partial charge in [0.25, 0.3) is 0 Å². The summed E-state index contributed by atoms with van der Waals surface area (Å²) >= 11 is 3.42. The van der Waals surface area contributed by atoms with Crippen LogP contribution in [0.5, 0.6) is 5.75 Å². The lowest BCUT2D eigenvalue weighted by atomic mass is 10.1. The molecule has 1 saturated heterocycles. The highest BCUT2D eigenvalue weighted by Gasteiger charge is 2.21. The van der Waals surface area contributed by atoms with Gasteiger partial charge in [-0.15, -0.1) is 6.58 Å². The van der Waals surface area contributed by atoms with Crippen molar-refractivity contribution in [2.24, 2.45) is 0 Å². The van der Waals surface area contributed by atoms with Gasteiger partial charge in [0.05, 0.1) is 4.88 Å². The molecule has 0 spiro atoms. The summed E-state index contributed by atoms with van der Waals surface area (Å²) in [6.45, 7) is 5.87. The first-order chi connectivity index (χ1) is 13.7. The van der Waals surface area contributed by atoms with Crippen molar-refractivity contribution in [3.05, 3.63) is 41.8 Å². The maximum absolute atomic E-state index is 10.4. The van der Waals surface area contributed by atoms with Crippen LogP contribution in [0.15, 0.2) is 41.8 Å². The van der Waals surface area contributed by atoms with Gasteiger partial charge in [0.15, 0.2) is 11.4 Å². The van der Waals surface area contributed by atoms with Crippen molar-refractivity contribution in [1.82, 2.24) is 9.29 Å². The number of aromatic nitrogens is 1. The zero-order valence-electron chi connectivity index (χ0n) is 15.8. The number of hydrogen-bond donors (Lipinski definition) is 2. The van der Waals surface area contributed by atoms with Gasteiger partial charge in [-0.1, -0.05) is 17.4 Å². The van der Waals surface area contributed by atoms with Gasteiger partial charge in [-0.2, -0.15) is 0 Å². The summed E-state index contributed by atoms with van der Waals surface area (Å²) < 4.78 is 7.66. The van der Waals surface area contributed by atoms with Crippen LogP contribution in [0.3, 0.4) is 0 Å². The van der Waals surface area contributed by atoms with E-state index in [1.54, 1.807) is 23.3 Å². The number of ether oxygens (including phenoxy) is 1. The van der Waals surface area contributed by atoms with Gasteiger partial charge >= 0.3 is 0 Å². The molecule has 3 rings (SSSR count). The summed E-state index contributed by atoms with van der Waals surface area (Å²) in [5, 5.41) is 4.48. The molecule has 1 fully saturated rings. The smallest absolute Gasteiger partial charge is 0.185 e. The zero-order valence-corrected chi connectivity index (χ0v) is 17.4. The van der Waals surface area contributed by atoms with Crippen molar-refractivity contribution in [3.8, 4) is 5.75 Å². The topological polar surface area (TPSA) is 80.5 Å². The first-order valence-electron chi connectivity index (χ1n) is 9.40. The average molecular weight is 419 g/mol. The molecule has 1 aromatic carbocycles. The number of nitrogens with zero attached hydrogens (tertiary/aromatic N) is 2. The summed E-state index contributed by atoms with van der Waals surface area (Å²) in [5.41, 5.74) is 6.02. The fourth-order valence-corrected chi connectivity index (χ4v) is 4.90. The summed E-state index contributed by atoms with van der Waals surface area (Å²) in [4.78, 5) is 17.1. The van der Waals surface area contributed by atoms with Crippen LogP contribution in [0, 0.1) is 0 Å². The summed E-state index contributed by atoms with van der Waals surface area (Å²) in [7, 11) is 0. The van der Waals surface area contributed by atoms with Crippen LogP contribution in [-0.4, -0.2) is 41.3 Å². The average Bonchev–Trinajstić information content (AvgIpc) is 3.06. The number of aldehydes is 1. The van der Waals surface area contributed by atoms with Gasteiger partial charge in [-0.25, -0.2) is 9.29 Å². The lowest BCUT2D eigenvalue weighted by Gasteiger charge is -2.31. The molecule has 0 aliphatic carbocycles. The zero-order chi connectivity index (χ0) is 19.8. The molecular formula is C20H26N4O2S2. The molecular weight excluding hydrogens is 392 g/mol. The van der Waals surface area contributed by atoms with Gasteiger partial charge < -0.3 is 15.8 Å². The highest BCUT2D eigenvalue weighted by atomic mass is 32.2. The second-order valence-corrected chi connectivity index (χ2v) is 8.80. The predicted octanol–water partition coefficient (Wildman–Crippen LogP) is 4.01. The molecule has 1 aromatic heterocycles. The number of benzene rings is 1. The number of anilines is 2. The Morgan fingerprint density at radius 3 is 2.79 bits per heavy atom. The molecule has 6 nitrogen and oxygen atoms in total. The Morgan fingerprint density at radius 1 is 1.36 bits per heavy atom. The lowest BCUT2D eigenvalue weighted by molar-refractivity contribution is -0.109. The van der Waals surface area contributed by atoms with E-state index in [2.05, 4.69) is 21.2 Å². The molecule has 0 amide bonds. The van der Waals surface area contributed by atoms with Crippen LogP contribution in [0.4, 0.5) is 10.9 Å². The molecule has 3 N–H and O–H groups in total. The molecule has 0 bridgehead atoms. The standard InChI is InChI=1S/C20H26N4O2S2/c1-2-3-4-18-19(21)23-20(27-18)22-15-9-11-24(12-10-15)28-17-7-5-16(6-8-17)26-14-13-25/h2,5-8,13,15H,1,3-4,9-12,14,21H2,(H,22,23). The lowest BCUT2D eigenvalue weighted by Crippen LogP contribution is -2.35. The number of nitrogens with two attached hydrogens (primary N) is 1. The van der Waals surface area contributed by atoms with Crippen molar-refractivity contribution >= 4 is 40.5 Å². The van der Waals surface area contributed by atoms with Gasteiger partial charge in [0.1, 0.15) is 18.2 Å². The van der Waals surface area contributed by atoms with E-state index in [9.17, 15) is 4.79 Å². The van der Waals surface area contributed by atoms with Gasteiger partial charge in [0.2, 0.25) is 0 Å². The number of thiazole rings is 1. The Morgan fingerprint density at radius 2 is 2.11 bits per heavy atom. The van der Waals surface area contributed by atoms with Crippen LogP contribution in [0.25, 0.3) is 0 Å². The molecule has 0 radical (unpaired) electrons. The van der Waals surface area contributed by atoms with Crippen LogP contribution in [0.2, 0.25) is 0 Å². The molecule has 0 unspecified atom stereocenters. The number of carbonyl (C=O) groups excluding carboxylic acids is 1. The van der Waals surface area contributed by atoms with E-state index in [-0.39, 0.29) is 6.61 Å². The van der Waals surface area contributed by atoms with Crippen molar-refractivity contribution in [2.75, 3.05) is 30.7 Å². The minimum absolute atomic E-state index is 0.0908. The number of carbonyl (C=O) groups is 1. The Labute approximate surface area is 174 Å². The molecule has 150 valence electrons. The van der Waals surface area contributed by atoms with Crippen molar-refractivity contribution in [1.29, 1.82) is 0 Å². The van der Waals surface area contributed by atoms with Crippen molar-refractivity contribution in [3.63, 3.8) is 0 Å². The second-order valence-electron chi connectivity index (χ2n) is 6.54. The molecule has 2 heterocycles. The minimum atomic E-state index is 0.0908. The van der Waals surface area contributed by atoms with Crippen LogP contribution >= 0.6 is 23.3 Å². The molecule has 0 atom stereocenters. The maximum atomic E-state index is 10.4. The monoisotopic (exact) mass is 418 g/mol. The summed E-state index contributed by atoms with van der Waals surface area (Å²) in [6.07, 6.45) is 6.62. The highest BCUT2D eigenvalue weighted by molar-refractivity contribution is 7.97. The number of nitrogen functional groups attached to an aromatic ring is 1. The fourth-order valence-electron chi connectivity index (χ4n) is 2.98. The fraction of sp³-hybridized carbons (Fsp3) is 0.400. The third-order valence-electron chi connectivity index (χ3n) is 4.46. The Hall–Kier alpha value is -2.03.